The highest BCUT2D eigenvalue weighted by molar-refractivity contribution is 7.22. The molecule has 0 aliphatic heterocycles. The number of nitrogens with zero attached hydrogens (tertiary/aromatic N) is 3. The number of carbonyl (C=O) groups is 1. The number of hydrogen-bond donors (Lipinski definition) is 0. The van der Waals surface area contributed by atoms with Gasteiger partial charge < -0.3 is 0 Å². The summed E-state index contributed by atoms with van der Waals surface area (Å²) in [7, 11) is 0. The zero-order chi connectivity index (χ0) is 20.5. The summed E-state index contributed by atoms with van der Waals surface area (Å²) >= 11 is 7.80. The van der Waals surface area contributed by atoms with Crippen LogP contribution in [0.2, 0.25) is 5.02 Å². The smallest absolute Gasteiger partial charge is 0.261 e. The summed E-state index contributed by atoms with van der Waals surface area (Å²) in [5, 5.41) is 3.13. The topological polar surface area (TPSA) is 46.1 Å². The molecule has 0 aliphatic rings. The first-order valence-corrected chi connectivity index (χ1v) is 10.6. The molecule has 30 heavy (non-hydrogen) atoms. The number of pyridine rings is 1. The molecule has 0 radical (unpaired) electrons. The lowest BCUT2D eigenvalue weighted by atomic mass is 10.0. The van der Waals surface area contributed by atoms with Crippen molar-refractivity contribution >= 4 is 55.0 Å². The minimum Gasteiger partial charge on any atom is -0.279 e. The van der Waals surface area contributed by atoms with Crippen LogP contribution in [0.4, 0.5) is 5.13 Å². The van der Waals surface area contributed by atoms with Crippen LogP contribution < -0.4 is 4.90 Å². The summed E-state index contributed by atoms with van der Waals surface area (Å²) in [4.78, 5) is 24.4. The van der Waals surface area contributed by atoms with E-state index in [2.05, 4.69) is 4.98 Å². The quantitative estimate of drug-likeness (QED) is 0.334. The van der Waals surface area contributed by atoms with Gasteiger partial charge >= 0.3 is 0 Å². The zero-order valence-electron chi connectivity index (χ0n) is 15.8. The SMILES string of the molecule is O=C(c1cccc2ccccc12)N(Cc1cccnc1)c1nc2c(Cl)cccc2s1. The lowest BCUT2D eigenvalue weighted by molar-refractivity contribution is 0.0986. The van der Waals surface area contributed by atoms with Crippen LogP contribution in [0.5, 0.6) is 0 Å². The molecular formula is C24H16ClN3OS. The number of rotatable bonds is 4. The van der Waals surface area contributed by atoms with Crippen LogP contribution in [-0.2, 0) is 6.54 Å². The normalized spacial score (nSPS) is 11.1. The van der Waals surface area contributed by atoms with Crippen LogP contribution in [0.15, 0.2) is 85.2 Å². The van der Waals surface area contributed by atoms with E-state index in [1.807, 2.05) is 72.8 Å². The van der Waals surface area contributed by atoms with E-state index in [-0.39, 0.29) is 5.91 Å². The van der Waals surface area contributed by atoms with Crippen LogP contribution in [-0.4, -0.2) is 15.9 Å². The second-order valence-electron chi connectivity index (χ2n) is 6.86. The number of benzene rings is 3. The zero-order valence-corrected chi connectivity index (χ0v) is 17.4. The Bertz CT molecular complexity index is 1360. The van der Waals surface area contributed by atoms with Crippen molar-refractivity contribution < 1.29 is 4.79 Å². The maximum absolute atomic E-state index is 13.8. The molecule has 5 rings (SSSR count). The van der Waals surface area contributed by atoms with Gasteiger partial charge in [0.15, 0.2) is 5.13 Å². The Morgan fingerprint density at radius 3 is 2.63 bits per heavy atom. The highest BCUT2D eigenvalue weighted by Gasteiger charge is 2.23. The van der Waals surface area contributed by atoms with E-state index < -0.39 is 0 Å². The number of aromatic nitrogens is 2. The lowest BCUT2D eigenvalue weighted by Crippen LogP contribution is -2.30. The Kier molecular flexibility index (Phi) is 4.91. The molecule has 2 heterocycles. The molecule has 5 aromatic rings. The Balaban J connectivity index is 1.65. The molecule has 2 aromatic heterocycles. The van der Waals surface area contributed by atoms with Gasteiger partial charge in [-0.2, -0.15) is 0 Å². The van der Waals surface area contributed by atoms with Gasteiger partial charge in [-0.3, -0.25) is 14.7 Å². The van der Waals surface area contributed by atoms with Crippen molar-refractivity contribution in [2.75, 3.05) is 4.90 Å². The van der Waals surface area contributed by atoms with E-state index in [0.29, 0.717) is 27.8 Å². The van der Waals surface area contributed by atoms with Crippen LogP contribution >= 0.6 is 22.9 Å². The van der Waals surface area contributed by atoms with E-state index in [4.69, 9.17) is 16.6 Å². The fourth-order valence-corrected chi connectivity index (χ4v) is 4.74. The summed E-state index contributed by atoms with van der Waals surface area (Å²) < 4.78 is 0.944. The largest absolute Gasteiger partial charge is 0.279 e. The maximum Gasteiger partial charge on any atom is 0.261 e. The molecule has 0 spiro atoms. The summed E-state index contributed by atoms with van der Waals surface area (Å²) in [6.07, 6.45) is 3.49. The van der Waals surface area contributed by atoms with Gasteiger partial charge in [0, 0.05) is 18.0 Å². The fraction of sp³-hybridized carbons (Fsp3) is 0.0417. The predicted octanol–water partition coefficient (Wildman–Crippen LogP) is 6.34. The van der Waals surface area contributed by atoms with Gasteiger partial charge in [-0.1, -0.05) is 71.5 Å². The molecule has 0 N–H and O–H groups in total. The number of halogens is 1. The summed E-state index contributed by atoms with van der Waals surface area (Å²) in [5.41, 5.74) is 2.28. The number of carbonyl (C=O) groups excluding carboxylic acids is 1. The Morgan fingerprint density at radius 1 is 0.967 bits per heavy atom. The minimum atomic E-state index is -0.106. The number of thiazole rings is 1. The molecule has 4 nitrogen and oxygen atoms in total. The molecule has 146 valence electrons. The maximum atomic E-state index is 13.8. The molecule has 0 saturated heterocycles. The second-order valence-corrected chi connectivity index (χ2v) is 8.28. The molecule has 0 saturated carbocycles. The number of hydrogen-bond acceptors (Lipinski definition) is 4. The molecule has 0 fully saturated rings. The summed E-state index contributed by atoms with van der Waals surface area (Å²) in [6, 6.07) is 23.2. The van der Waals surface area contributed by atoms with Gasteiger partial charge in [-0.05, 0) is 40.6 Å². The molecule has 0 unspecified atom stereocenters. The fourth-order valence-electron chi connectivity index (χ4n) is 3.48. The van der Waals surface area contributed by atoms with E-state index in [9.17, 15) is 4.79 Å². The van der Waals surface area contributed by atoms with Crippen LogP contribution in [0, 0.1) is 0 Å². The van der Waals surface area contributed by atoms with Crippen LogP contribution in [0.3, 0.4) is 0 Å². The van der Waals surface area contributed by atoms with E-state index in [1.165, 1.54) is 11.3 Å². The van der Waals surface area contributed by atoms with Gasteiger partial charge in [-0.15, -0.1) is 0 Å². The van der Waals surface area contributed by atoms with Crippen molar-refractivity contribution in [1.29, 1.82) is 0 Å². The predicted molar refractivity (Wildman–Crippen MR) is 123 cm³/mol. The Hall–Kier alpha value is -3.28. The number of amides is 1. The lowest BCUT2D eigenvalue weighted by Gasteiger charge is -2.21. The molecule has 1 amide bonds. The van der Waals surface area contributed by atoms with Gasteiger partial charge in [-0.25, -0.2) is 4.98 Å². The van der Waals surface area contributed by atoms with Crippen molar-refractivity contribution in [3.63, 3.8) is 0 Å². The standard InChI is InChI=1S/C24H16ClN3OS/c25-20-11-4-12-21-22(20)27-24(30-21)28(15-16-6-5-13-26-14-16)23(29)19-10-3-8-17-7-1-2-9-18(17)19/h1-14H,15H2. The third kappa shape index (κ3) is 3.43. The monoisotopic (exact) mass is 429 g/mol. The molecule has 0 bridgehead atoms. The van der Waals surface area contributed by atoms with Gasteiger partial charge in [0.2, 0.25) is 0 Å². The molecular weight excluding hydrogens is 414 g/mol. The van der Waals surface area contributed by atoms with Gasteiger partial charge in [0.05, 0.1) is 16.3 Å². The first kappa shape index (κ1) is 18.7. The van der Waals surface area contributed by atoms with Gasteiger partial charge in [0.25, 0.3) is 5.91 Å². The van der Waals surface area contributed by atoms with Crippen molar-refractivity contribution in [3.05, 3.63) is 101 Å². The highest BCUT2D eigenvalue weighted by Crippen LogP contribution is 2.34. The summed E-state index contributed by atoms with van der Waals surface area (Å²) in [6.45, 7) is 0.368. The Labute approximate surface area is 182 Å². The average molecular weight is 430 g/mol. The van der Waals surface area contributed by atoms with Crippen molar-refractivity contribution in [1.82, 2.24) is 9.97 Å². The van der Waals surface area contributed by atoms with Crippen LogP contribution in [0.25, 0.3) is 21.0 Å². The third-order valence-corrected chi connectivity index (χ3v) is 6.27. The van der Waals surface area contributed by atoms with Crippen molar-refractivity contribution in [2.45, 2.75) is 6.54 Å². The highest BCUT2D eigenvalue weighted by atomic mass is 35.5. The van der Waals surface area contributed by atoms with Crippen molar-refractivity contribution in [2.24, 2.45) is 0 Å². The van der Waals surface area contributed by atoms with E-state index >= 15 is 0 Å². The minimum absolute atomic E-state index is 0.106. The third-order valence-electron chi connectivity index (χ3n) is 4.92. The van der Waals surface area contributed by atoms with E-state index in [1.54, 1.807) is 17.3 Å². The molecule has 6 heteroatoms. The number of fused-ring (bicyclic) bond motifs is 2. The number of para-hydroxylation sites is 1. The average Bonchev–Trinajstić information content (AvgIpc) is 3.23. The second kappa shape index (κ2) is 7.86. The molecule has 3 aromatic carbocycles. The first-order chi connectivity index (χ1) is 14.7. The van der Waals surface area contributed by atoms with E-state index in [0.717, 1.165) is 21.0 Å². The van der Waals surface area contributed by atoms with Gasteiger partial charge in [0.1, 0.15) is 5.52 Å². The van der Waals surface area contributed by atoms with Crippen molar-refractivity contribution in [3.8, 4) is 0 Å². The summed E-state index contributed by atoms with van der Waals surface area (Å²) in [5.74, 6) is -0.106. The number of anilines is 1. The Morgan fingerprint density at radius 2 is 1.80 bits per heavy atom. The molecule has 0 aliphatic carbocycles. The molecule has 0 atom stereocenters. The van der Waals surface area contributed by atoms with Crippen LogP contribution in [0.1, 0.15) is 15.9 Å². The first-order valence-electron chi connectivity index (χ1n) is 9.44.